The van der Waals surface area contributed by atoms with Gasteiger partial charge in [0.15, 0.2) is 0 Å². The van der Waals surface area contributed by atoms with E-state index in [2.05, 4.69) is 4.98 Å². The summed E-state index contributed by atoms with van der Waals surface area (Å²) in [6.45, 7) is 0.589. The number of aromatic carboxylic acids is 1. The molecule has 1 aromatic heterocycles. The van der Waals surface area contributed by atoms with E-state index in [1.165, 1.54) is 6.20 Å². The number of aromatic nitrogens is 2. The molecule has 17 heavy (non-hydrogen) atoms. The first-order valence-corrected chi connectivity index (χ1v) is 5.25. The van der Waals surface area contributed by atoms with E-state index in [0.717, 1.165) is 17.7 Å². The van der Waals surface area contributed by atoms with Crippen molar-refractivity contribution in [3.63, 3.8) is 0 Å². The van der Waals surface area contributed by atoms with Gasteiger partial charge in [0.1, 0.15) is 0 Å². The van der Waals surface area contributed by atoms with Gasteiger partial charge in [-0.2, -0.15) is 0 Å². The van der Waals surface area contributed by atoms with Crippen LogP contribution in [-0.2, 0) is 13.0 Å². The highest BCUT2D eigenvalue weighted by Gasteiger charge is 2.09. The second-order valence-corrected chi connectivity index (χ2v) is 3.74. The summed E-state index contributed by atoms with van der Waals surface area (Å²) in [6, 6.07) is 7.54. The predicted molar refractivity (Wildman–Crippen MR) is 63.7 cm³/mol. The van der Waals surface area contributed by atoms with Gasteiger partial charge in [-0.25, -0.2) is 9.78 Å². The second-order valence-electron chi connectivity index (χ2n) is 3.74. The minimum atomic E-state index is -1.01. The molecule has 5 nitrogen and oxygen atoms in total. The van der Waals surface area contributed by atoms with Crippen molar-refractivity contribution in [2.24, 2.45) is 0 Å². The molecule has 2 rings (SSSR count). The van der Waals surface area contributed by atoms with E-state index >= 15 is 0 Å². The number of nitrogens with zero attached hydrogens (tertiary/aromatic N) is 2. The molecule has 0 aliphatic carbocycles. The standard InChI is InChI=1S/C12H13N3O2/c13-10-3-1-9(2-4-10)5-7-15-8-6-14-11(15)12(16)17/h1-4,6,8H,5,7,13H2,(H,16,17). The molecule has 2 aromatic rings. The maximum atomic E-state index is 10.8. The van der Waals surface area contributed by atoms with Crippen LogP contribution in [0.5, 0.6) is 0 Å². The van der Waals surface area contributed by atoms with E-state index in [1.54, 1.807) is 10.8 Å². The number of carboxylic acids is 1. The van der Waals surface area contributed by atoms with Crippen molar-refractivity contribution in [2.75, 3.05) is 5.73 Å². The van der Waals surface area contributed by atoms with Crippen LogP contribution in [0.2, 0.25) is 0 Å². The summed E-state index contributed by atoms with van der Waals surface area (Å²) in [4.78, 5) is 14.6. The maximum Gasteiger partial charge on any atom is 0.372 e. The fourth-order valence-corrected chi connectivity index (χ4v) is 1.62. The van der Waals surface area contributed by atoms with Gasteiger partial charge in [0.25, 0.3) is 0 Å². The van der Waals surface area contributed by atoms with Gasteiger partial charge < -0.3 is 15.4 Å². The van der Waals surface area contributed by atoms with Crippen LogP contribution >= 0.6 is 0 Å². The summed E-state index contributed by atoms with van der Waals surface area (Å²) in [6.07, 6.45) is 3.91. The minimum absolute atomic E-state index is 0.0699. The molecule has 1 aromatic carbocycles. The van der Waals surface area contributed by atoms with Gasteiger partial charge in [-0.3, -0.25) is 0 Å². The Morgan fingerprint density at radius 2 is 2.06 bits per heavy atom. The van der Waals surface area contributed by atoms with Crippen LogP contribution in [0.4, 0.5) is 5.69 Å². The topological polar surface area (TPSA) is 81.1 Å². The van der Waals surface area contributed by atoms with Crippen molar-refractivity contribution >= 4 is 11.7 Å². The number of hydrogen-bond donors (Lipinski definition) is 2. The number of aryl methyl sites for hydroxylation is 2. The third-order valence-corrected chi connectivity index (χ3v) is 2.53. The number of anilines is 1. The molecule has 0 unspecified atom stereocenters. The van der Waals surface area contributed by atoms with E-state index in [-0.39, 0.29) is 5.82 Å². The van der Waals surface area contributed by atoms with Crippen LogP contribution in [0.1, 0.15) is 16.2 Å². The Morgan fingerprint density at radius 1 is 1.35 bits per heavy atom. The molecule has 0 spiro atoms. The highest BCUT2D eigenvalue weighted by Crippen LogP contribution is 2.08. The average Bonchev–Trinajstić information content (AvgIpc) is 2.76. The van der Waals surface area contributed by atoms with Gasteiger partial charge in [-0.15, -0.1) is 0 Å². The number of benzene rings is 1. The van der Waals surface area contributed by atoms with Gasteiger partial charge in [-0.05, 0) is 24.1 Å². The van der Waals surface area contributed by atoms with Crippen LogP contribution in [0.15, 0.2) is 36.7 Å². The first kappa shape index (κ1) is 11.2. The van der Waals surface area contributed by atoms with Gasteiger partial charge in [0.2, 0.25) is 5.82 Å². The van der Waals surface area contributed by atoms with Crippen LogP contribution in [-0.4, -0.2) is 20.6 Å². The minimum Gasteiger partial charge on any atom is -0.475 e. The van der Waals surface area contributed by atoms with Crippen LogP contribution in [0.3, 0.4) is 0 Å². The second kappa shape index (κ2) is 4.69. The highest BCUT2D eigenvalue weighted by atomic mass is 16.4. The summed E-state index contributed by atoms with van der Waals surface area (Å²) in [7, 11) is 0. The fourth-order valence-electron chi connectivity index (χ4n) is 1.62. The van der Waals surface area contributed by atoms with Crippen LogP contribution in [0, 0.1) is 0 Å². The van der Waals surface area contributed by atoms with Crippen molar-refractivity contribution in [3.8, 4) is 0 Å². The van der Waals surface area contributed by atoms with Crippen molar-refractivity contribution in [1.29, 1.82) is 0 Å². The molecule has 88 valence electrons. The zero-order valence-electron chi connectivity index (χ0n) is 9.21. The van der Waals surface area contributed by atoms with Crippen molar-refractivity contribution in [1.82, 2.24) is 9.55 Å². The summed E-state index contributed by atoms with van der Waals surface area (Å²) in [5.41, 5.74) is 7.43. The van der Waals surface area contributed by atoms with E-state index in [9.17, 15) is 4.79 Å². The Hall–Kier alpha value is -2.30. The third-order valence-electron chi connectivity index (χ3n) is 2.53. The quantitative estimate of drug-likeness (QED) is 0.779. The normalized spacial score (nSPS) is 10.4. The Balaban J connectivity index is 2.05. The van der Waals surface area contributed by atoms with E-state index < -0.39 is 5.97 Å². The van der Waals surface area contributed by atoms with Crippen molar-refractivity contribution < 1.29 is 9.90 Å². The molecule has 0 atom stereocenters. The molecule has 0 radical (unpaired) electrons. The number of carboxylic acid groups (broad SMARTS) is 1. The number of rotatable bonds is 4. The number of hydrogen-bond acceptors (Lipinski definition) is 3. The van der Waals surface area contributed by atoms with Gasteiger partial charge >= 0.3 is 5.97 Å². The number of imidazole rings is 1. The monoisotopic (exact) mass is 231 g/mol. The first-order valence-electron chi connectivity index (χ1n) is 5.25. The molecule has 0 aliphatic heterocycles. The van der Waals surface area contributed by atoms with Gasteiger partial charge in [0.05, 0.1) is 0 Å². The number of nitrogens with two attached hydrogens (primary N) is 1. The highest BCUT2D eigenvalue weighted by molar-refractivity contribution is 5.83. The Morgan fingerprint density at radius 3 is 2.71 bits per heavy atom. The summed E-state index contributed by atoms with van der Waals surface area (Å²) >= 11 is 0. The summed E-state index contributed by atoms with van der Waals surface area (Å²) in [5.74, 6) is -0.937. The molecule has 0 saturated carbocycles. The SMILES string of the molecule is Nc1ccc(CCn2ccnc2C(=O)O)cc1. The Labute approximate surface area is 98.5 Å². The summed E-state index contributed by atoms with van der Waals surface area (Å²) < 4.78 is 1.62. The smallest absolute Gasteiger partial charge is 0.372 e. The lowest BCUT2D eigenvalue weighted by Crippen LogP contribution is -2.10. The van der Waals surface area contributed by atoms with E-state index in [0.29, 0.717) is 6.54 Å². The van der Waals surface area contributed by atoms with Crippen molar-refractivity contribution in [2.45, 2.75) is 13.0 Å². The van der Waals surface area contributed by atoms with Crippen LogP contribution < -0.4 is 5.73 Å². The summed E-state index contributed by atoms with van der Waals surface area (Å²) in [5, 5.41) is 8.89. The molecule has 0 saturated heterocycles. The van der Waals surface area contributed by atoms with Crippen molar-refractivity contribution in [3.05, 3.63) is 48.0 Å². The lowest BCUT2D eigenvalue weighted by molar-refractivity contribution is 0.0678. The van der Waals surface area contributed by atoms with E-state index in [4.69, 9.17) is 10.8 Å². The molecule has 0 aliphatic rings. The maximum absolute atomic E-state index is 10.8. The Bertz CT molecular complexity index is 517. The largest absolute Gasteiger partial charge is 0.475 e. The van der Waals surface area contributed by atoms with E-state index in [1.807, 2.05) is 24.3 Å². The third kappa shape index (κ3) is 2.63. The number of nitrogen functional groups attached to an aromatic ring is 1. The lowest BCUT2D eigenvalue weighted by Gasteiger charge is -2.05. The Kier molecular flexibility index (Phi) is 3.09. The van der Waals surface area contributed by atoms with Gasteiger partial charge in [-0.1, -0.05) is 12.1 Å². The molecule has 0 amide bonds. The number of carbonyl (C=O) groups is 1. The molecular formula is C12H13N3O2. The zero-order valence-corrected chi connectivity index (χ0v) is 9.21. The molecular weight excluding hydrogens is 218 g/mol. The molecule has 3 N–H and O–H groups in total. The fraction of sp³-hybridized carbons (Fsp3) is 0.167. The lowest BCUT2D eigenvalue weighted by atomic mass is 10.1. The average molecular weight is 231 g/mol. The van der Waals surface area contributed by atoms with Gasteiger partial charge in [0, 0.05) is 24.6 Å². The zero-order chi connectivity index (χ0) is 12.3. The molecule has 1 heterocycles. The van der Waals surface area contributed by atoms with Crippen LogP contribution in [0.25, 0.3) is 0 Å². The molecule has 5 heteroatoms. The first-order chi connectivity index (χ1) is 8.16. The molecule has 0 fully saturated rings. The molecule has 0 bridgehead atoms. The predicted octanol–water partition coefficient (Wildman–Crippen LogP) is 1.41.